The van der Waals surface area contributed by atoms with E-state index in [1.807, 2.05) is 12.1 Å². The fourth-order valence-electron chi connectivity index (χ4n) is 4.12. The van der Waals surface area contributed by atoms with Gasteiger partial charge in [-0.1, -0.05) is 75.2 Å². The molecule has 1 aliphatic rings. The van der Waals surface area contributed by atoms with Gasteiger partial charge in [0.1, 0.15) is 11.6 Å². The summed E-state index contributed by atoms with van der Waals surface area (Å²) in [6, 6.07) is 17.0. The Bertz CT molecular complexity index is 786. The van der Waals surface area contributed by atoms with Gasteiger partial charge in [0.15, 0.2) is 0 Å². The van der Waals surface area contributed by atoms with Crippen LogP contribution in [0.1, 0.15) is 63.5 Å². The lowest BCUT2D eigenvalue weighted by atomic mass is 9.78. The van der Waals surface area contributed by atoms with Gasteiger partial charge in [0.2, 0.25) is 0 Å². The molecule has 0 radical (unpaired) electrons. The van der Waals surface area contributed by atoms with Crippen LogP contribution in [0.3, 0.4) is 0 Å². The Morgan fingerprint density at radius 1 is 0.893 bits per heavy atom. The van der Waals surface area contributed by atoms with E-state index in [0.29, 0.717) is 18.8 Å². The highest BCUT2D eigenvalue weighted by molar-refractivity contribution is 6.03. The summed E-state index contributed by atoms with van der Waals surface area (Å²) in [7, 11) is 0. The molecular formula is C26H32O2. The van der Waals surface area contributed by atoms with Gasteiger partial charge in [-0.05, 0) is 53.9 Å². The van der Waals surface area contributed by atoms with Crippen molar-refractivity contribution in [3.63, 3.8) is 0 Å². The Balaban J connectivity index is 1.59. The lowest BCUT2D eigenvalue weighted by Gasteiger charge is -2.23. The van der Waals surface area contributed by atoms with E-state index in [2.05, 4.69) is 50.2 Å². The van der Waals surface area contributed by atoms with Crippen LogP contribution in [0.4, 0.5) is 0 Å². The molecule has 2 atom stereocenters. The van der Waals surface area contributed by atoms with Gasteiger partial charge in [0, 0.05) is 12.8 Å². The summed E-state index contributed by atoms with van der Waals surface area (Å²) in [5.74, 6) is 0.269. The van der Waals surface area contributed by atoms with Gasteiger partial charge in [0.25, 0.3) is 0 Å². The largest absolute Gasteiger partial charge is 0.299 e. The topological polar surface area (TPSA) is 34.1 Å². The van der Waals surface area contributed by atoms with Gasteiger partial charge < -0.3 is 0 Å². The van der Waals surface area contributed by atoms with Crippen LogP contribution in [0.2, 0.25) is 0 Å². The third kappa shape index (κ3) is 5.41. The summed E-state index contributed by atoms with van der Waals surface area (Å²) in [5.41, 5.74) is 4.76. The molecule has 0 bridgehead atoms. The predicted octanol–water partition coefficient (Wildman–Crippen LogP) is 6.20. The fourth-order valence-corrected chi connectivity index (χ4v) is 4.12. The molecule has 0 N–H and O–H groups in total. The number of unbranched alkanes of at least 4 members (excludes halogenated alkanes) is 2. The maximum atomic E-state index is 12.6. The van der Waals surface area contributed by atoms with E-state index in [1.165, 1.54) is 36.0 Å². The van der Waals surface area contributed by atoms with Crippen molar-refractivity contribution in [1.29, 1.82) is 0 Å². The Morgan fingerprint density at radius 2 is 1.50 bits per heavy atom. The Hall–Kier alpha value is -2.22. The molecular weight excluding hydrogens is 344 g/mol. The molecule has 2 unspecified atom stereocenters. The van der Waals surface area contributed by atoms with E-state index in [-0.39, 0.29) is 17.5 Å². The molecule has 2 aromatic rings. The number of Topliss-reactive ketones (excluding diaryl/α,β-unsaturated/α-hetero) is 2. The van der Waals surface area contributed by atoms with Crippen molar-refractivity contribution in [1.82, 2.24) is 0 Å². The molecule has 0 amide bonds. The molecule has 0 spiro atoms. The van der Waals surface area contributed by atoms with Crippen LogP contribution in [0, 0.1) is 11.8 Å². The number of rotatable bonds is 8. The minimum Gasteiger partial charge on any atom is -0.299 e. The van der Waals surface area contributed by atoms with Crippen molar-refractivity contribution in [3.8, 4) is 11.1 Å². The molecule has 1 saturated carbocycles. The fraction of sp³-hybridized carbons (Fsp3) is 0.462. The first-order chi connectivity index (χ1) is 13.6. The number of ketones is 2. The van der Waals surface area contributed by atoms with Gasteiger partial charge in [-0.25, -0.2) is 0 Å². The standard InChI is InChI=1S/C26H32O2/c1-3-4-5-6-20-8-12-22(13-9-20)23-14-10-21(11-15-23)18-26(28)24-16-7-19(2)17-25(24)27/h8-15,19,24H,3-7,16-18H2,1-2H3. The van der Waals surface area contributed by atoms with E-state index in [1.54, 1.807) is 0 Å². The van der Waals surface area contributed by atoms with Crippen molar-refractivity contribution >= 4 is 11.6 Å². The Labute approximate surface area is 169 Å². The smallest absolute Gasteiger partial charge is 0.147 e. The average Bonchev–Trinajstić information content (AvgIpc) is 2.69. The van der Waals surface area contributed by atoms with Gasteiger partial charge >= 0.3 is 0 Å². The van der Waals surface area contributed by atoms with E-state index in [9.17, 15) is 9.59 Å². The molecule has 0 aromatic heterocycles. The summed E-state index contributed by atoms with van der Waals surface area (Å²) in [6.45, 7) is 4.32. The zero-order valence-corrected chi connectivity index (χ0v) is 17.2. The second-order valence-corrected chi connectivity index (χ2v) is 8.40. The highest BCUT2D eigenvalue weighted by Gasteiger charge is 2.31. The van der Waals surface area contributed by atoms with Crippen LogP contribution in [-0.4, -0.2) is 11.6 Å². The zero-order chi connectivity index (χ0) is 19.9. The summed E-state index contributed by atoms with van der Waals surface area (Å²) in [6.07, 6.45) is 7.56. The number of hydrogen-bond donors (Lipinski definition) is 0. The van der Waals surface area contributed by atoms with Crippen LogP contribution in [0.5, 0.6) is 0 Å². The Kier molecular flexibility index (Phi) is 7.19. The van der Waals surface area contributed by atoms with Gasteiger partial charge in [-0.2, -0.15) is 0 Å². The molecule has 2 heteroatoms. The van der Waals surface area contributed by atoms with Crippen LogP contribution >= 0.6 is 0 Å². The molecule has 2 nitrogen and oxygen atoms in total. The molecule has 1 aliphatic carbocycles. The van der Waals surface area contributed by atoms with Crippen LogP contribution in [-0.2, 0) is 22.4 Å². The molecule has 1 fully saturated rings. The molecule has 2 aromatic carbocycles. The van der Waals surface area contributed by atoms with Gasteiger partial charge in [-0.15, -0.1) is 0 Å². The first-order valence-corrected chi connectivity index (χ1v) is 10.8. The third-order valence-electron chi connectivity index (χ3n) is 5.96. The van der Waals surface area contributed by atoms with Crippen LogP contribution in [0.15, 0.2) is 48.5 Å². The van der Waals surface area contributed by atoms with Crippen LogP contribution in [0.25, 0.3) is 11.1 Å². The van der Waals surface area contributed by atoms with Crippen molar-refractivity contribution in [3.05, 3.63) is 59.7 Å². The molecule has 148 valence electrons. The second-order valence-electron chi connectivity index (χ2n) is 8.40. The minimum atomic E-state index is -0.379. The van der Waals surface area contributed by atoms with E-state index in [4.69, 9.17) is 0 Å². The van der Waals surface area contributed by atoms with Crippen molar-refractivity contribution in [2.45, 2.75) is 65.2 Å². The number of carbonyl (C=O) groups excluding carboxylic acids is 2. The van der Waals surface area contributed by atoms with E-state index < -0.39 is 0 Å². The highest BCUT2D eigenvalue weighted by Crippen LogP contribution is 2.27. The third-order valence-corrected chi connectivity index (χ3v) is 5.96. The lowest BCUT2D eigenvalue weighted by molar-refractivity contribution is -0.134. The molecule has 0 saturated heterocycles. The number of aryl methyl sites for hydroxylation is 1. The van der Waals surface area contributed by atoms with Crippen molar-refractivity contribution in [2.75, 3.05) is 0 Å². The zero-order valence-electron chi connectivity index (χ0n) is 17.2. The average molecular weight is 377 g/mol. The molecule has 3 rings (SSSR count). The SMILES string of the molecule is CCCCCc1ccc(-c2ccc(CC(=O)C3CCC(C)CC3=O)cc2)cc1. The predicted molar refractivity (Wildman–Crippen MR) is 115 cm³/mol. The maximum Gasteiger partial charge on any atom is 0.147 e. The van der Waals surface area contributed by atoms with Crippen LogP contribution < -0.4 is 0 Å². The summed E-state index contributed by atoms with van der Waals surface area (Å²) in [5, 5.41) is 0. The first-order valence-electron chi connectivity index (χ1n) is 10.8. The summed E-state index contributed by atoms with van der Waals surface area (Å²) < 4.78 is 0. The van der Waals surface area contributed by atoms with Crippen molar-refractivity contribution < 1.29 is 9.59 Å². The molecule has 28 heavy (non-hydrogen) atoms. The van der Waals surface area contributed by atoms with Crippen molar-refractivity contribution in [2.24, 2.45) is 11.8 Å². The monoisotopic (exact) mass is 376 g/mol. The quantitative estimate of drug-likeness (QED) is 0.406. The lowest BCUT2D eigenvalue weighted by Crippen LogP contribution is -2.31. The normalized spacial score (nSPS) is 19.6. The van der Waals surface area contributed by atoms with E-state index >= 15 is 0 Å². The summed E-state index contributed by atoms with van der Waals surface area (Å²) >= 11 is 0. The van der Waals surface area contributed by atoms with E-state index in [0.717, 1.165) is 24.8 Å². The maximum absolute atomic E-state index is 12.6. The first kappa shape index (κ1) is 20.5. The highest BCUT2D eigenvalue weighted by atomic mass is 16.1. The van der Waals surface area contributed by atoms with Gasteiger partial charge in [-0.3, -0.25) is 9.59 Å². The molecule has 0 aliphatic heterocycles. The number of hydrogen-bond acceptors (Lipinski definition) is 2. The van der Waals surface area contributed by atoms with Gasteiger partial charge in [0.05, 0.1) is 5.92 Å². The Morgan fingerprint density at radius 3 is 2.07 bits per heavy atom. The summed E-state index contributed by atoms with van der Waals surface area (Å²) in [4.78, 5) is 24.7. The minimum absolute atomic E-state index is 0.0843. The number of carbonyl (C=O) groups is 2. The second kappa shape index (κ2) is 9.82. The number of benzene rings is 2. The molecule has 0 heterocycles.